The van der Waals surface area contributed by atoms with Gasteiger partial charge in [-0.15, -0.1) is 0 Å². The van der Waals surface area contributed by atoms with Crippen LogP contribution in [0.25, 0.3) is 0 Å². The Bertz CT molecular complexity index is 301. The molecule has 0 aromatic carbocycles. The van der Waals surface area contributed by atoms with E-state index < -0.39 is 12.7 Å². The molecule has 1 aromatic rings. The van der Waals surface area contributed by atoms with Crippen molar-refractivity contribution < 1.29 is 17.9 Å². The Morgan fingerprint density at radius 1 is 1.50 bits per heavy atom. The number of anilines is 1. The van der Waals surface area contributed by atoms with E-state index in [2.05, 4.69) is 10.3 Å². The summed E-state index contributed by atoms with van der Waals surface area (Å²) >= 11 is 0. The van der Waals surface area contributed by atoms with Crippen LogP contribution in [0.5, 0.6) is 5.75 Å². The van der Waals surface area contributed by atoms with Crippen molar-refractivity contribution in [3.8, 4) is 5.75 Å². The molecule has 78 valence electrons. The third kappa shape index (κ3) is 3.12. The van der Waals surface area contributed by atoms with Gasteiger partial charge in [0.2, 0.25) is 0 Å². The summed E-state index contributed by atoms with van der Waals surface area (Å²) in [6.07, 6.45) is -2.87. The molecule has 1 heterocycles. The highest BCUT2D eigenvalue weighted by molar-refractivity contribution is 5.49. The van der Waals surface area contributed by atoms with Crippen molar-refractivity contribution in [1.82, 2.24) is 4.98 Å². The van der Waals surface area contributed by atoms with Crippen LogP contribution in [0.4, 0.5) is 19.0 Å². The van der Waals surface area contributed by atoms with E-state index in [1.54, 1.807) is 6.07 Å². The van der Waals surface area contributed by atoms with Crippen molar-refractivity contribution in [3.05, 3.63) is 18.3 Å². The Hall–Kier alpha value is -1.46. The highest BCUT2D eigenvalue weighted by Crippen LogP contribution is 2.22. The molecule has 3 nitrogen and oxygen atoms in total. The fraction of sp³-hybridized carbons (Fsp3) is 0.375. The van der Waals surface area contributed by atoms with E-state index in [0.29, 0.717) is 0 Å². The van der Waals surface area contributed by atoms with Crippen molar-refractivity contribution in [3.63, 3.8) is 0 Å². The number of nitrogens with zero attached hydrogens (tertiary/aromatic N) is 1. The molecule has 0 amide bonds. The van der Waals surface area contributed by atoms with Crippen LogP contribution >= 0.6 is 0 Å². The molecule has 0 radical (unpaired) electrons. The van der Waals surface area contributed by atoms with Gasteiger partial charge in [-0.3, -0.25) is 0 Å². The van der Waals surface area contributed by atoms with Gasteiger partial charge in [-0.05, 0) is 12.1 Å². The van der Waals surface area contributed by atoms with Crippen LogP contribution in [0.1, 0.15) is 0 Å². The number of ether oxygens (including phenoxy) is 1. The zero-order chi connectivity index (χ0) is 10.6. The third-order valence-corrected chi connectivity index (χ3v) is 1.45. The van der Waals surface area contributed by atoms with E-state index in [0.717, 1.165) is 0 Å². The summed E-state index contributed by atoms with van der Waals surface area (Å²) in [4.78, 5) is 3.72. The van der Waals surface area contributed by atoms with E-state index in [1.807, 2.05) is 0 Å². The van der Waals surface area contributed by atoms with Gasteiger partial charge in [0.1, 0.15) is 6.54 Å². The number of hydrogen-bond donors (Lipinski definition) is 1. The van der Waals surface area contributed by atoms with Crippen LogP contribution in [0.3, 0.4) is 0 Å². The zero-order valence-corrected chi connectivity index (χ0v) is 7.43. The Kier molecular flexibility index (Phi) is 3.16. The van der Waals surface area contributed by atoms with Gasteiger partial charge in [0, 0.05) is 6.20 Å². The average molecular weight is 206 g/mol. The van der Waals surface area contributed by atoms with Crippen LogP contribution in [-0.4, -0.2) is 24.8 Å². The first-order valence-electron chi connectivity index (χ1n) is 3.82. The summed E-state index contributed by atoms with van der Waals surface area (Å²) in [6, 6.07) is 3.11. The van der Waals surface area contributed by atoms with Crippen molar-refractivity contribution >= 4 is 5.82 Å². The van der Waals surface area contributed by atoms with Crippen LogP contribution in [0.2, 0.25) is 0 Å². The van der Waals surface area contributed by atoms with Gasteiger partial charge in [0.05, 0.1) is 7.11 Å². The van der Waals surface area contributed by atoms with Crippen LogP contribution < -0.4 is 10.1 Å². The summed E-state index contributed by atoms with van der Waals surface area (Å²) < 4.78 is 40.4. The second kappa shape index (κ2) is 4.17. The topological polar surface area (TPSA) is 34.1 Å². The molecule has 1 N–H and O–H groups in total. The highest BCUT2D eigenvalue weighted by atomic mass is 19.4. The van der Waals surface area contributed by atoms with Gasteiger partial charge < -0.3 is 10.1 Å². The van der Waals surface area contributed by atoms with E-state index in [-0.39, 0.29) is 11.6 Å². The van der Waals surface area contributed by atoms with E-state index in [4.69, 9.17) is 4.74 Å². The molecule has 0 saturated heterocycles. The molecular weight excluding hydrogens is 197 g/mol. The number of hydrogen-bond acceptors (Lipinski definition) is 3. The largest absolute Gasteiger partial charge is 0.493 e. The molecule has 0 aliphatic carbocycles. The zero-order valence-electron chi connectivity index (χ0n) is 7.43. The summed E-state index contributed by atoms with van der Waals surface area (Å²) in [5.74, 6) is 0.379. The summed E-state index contributed by atoms with van der Waals surface area (Å²) in [5, 5.41) is 2.14. The van der Waals surface area contributed by atoms with Crippen LogP contribution in [0.15, 0.2) is 18.3 Å². The average Bonchev–Trinajstić information content (AvgIpc) is 2.14. The lowest BCUT2D eigenvalue weighted by Gasteiger charge is -2.11. The van der Waals surface area contributed by atoms with E-state index in [9.17, 15) is 13.2 Å². The number of nitrogens with one attached hydrogen (secondary N) is 1. The number of aromatic nitrogens is 1. The van der Waals surface area contributed by atoms with Crippen molar-refractivity contribution in [2.24, 2.45) is 0 Å². The number of pyridine rings is 1. The van der Waals surface area contributed by atoms with Crippen molar-refractivity contribution in [1.29, 1.82) is 0 Å². The van der Waals surface area contributed by atoms with Gasteiger partial charge in [0.25, 0.3) is 0 Å². The quantitative estimate of drug-likeness (QED) is 0.821. The minimum absolute atomic E-state index is 0.0901. The van der Waals surface area contributed by atoms with Gasteiger partial charge in [-0.2, -0.15) is 13.2 Å². The first-order valence-corrected chi connectivity index (χ1v) is 3.82. The molecule has 14 heavy (non-hydrogen) atoms. The Morgan fingerprint density at radius 2 is 2.21 bits per heavy atom. The highest BCUT2D eigenvalue weighted by Gasteiger charge is 2.27. The van der Waals surface area contributed by atoms with Crippen molar-refractivity contribution in [2.45, 2.75) is 6.18 Å². The monoisotopic (exact) mass is 206 g/mol. The van der Waals surface area contributed by atoms with Gasteiger partial charge in [-0.1, -0.05) is 0 Å². The van der Waals surface area contributed by atoms with Crippen LogP contribution in [-0.2, 0) is 0 Å². The molecule has 0 unspecified atom stereocenters. The standard InChI is InChI=1S/C8H9F3N2O/c1-14-6-3-2-4-12-7(6)13-5-8(9,10)11/h2-4H,5H2,1H3,(H,12,13). The fourth-order valence-corrected chi connectivity index (χ4v) is 0.872. The van der Waals surface area contributed by atoms with E-state index in [1.165, 1.54) is 19.4 Å². The summed E-state index contributed by atoms with van der Waals surface area (Å²) in [5.41, 5.74) is 0. The molecule has 0 spiro atoms. The molecule has 0 aliphatic heterocycles. The second-order valence-electron chi connectivity index (χ2n) is 2.52. The number of methoxy groups -OCH3 is 1. The number of alkyl halides is 3. The van der Waals surface area contributed by atoms with Crippen LogP contribution in [0, 0.1) is 0 Å². The van der Waals surface area contributed by atoms with Gasteiger partial charge in [0.15, 0.2) is 11.6 Å². The first kappa shape index (κ1) is 10.6. The Balaban J connectivity index is 2.67. The lowest BCUT2D eigenvalue weighted by molar-refractivity contribution is -0.115. The maximum atomic E-state index is 11.8. The number of halogens is 3. The Labute approximate surface area is 78.9 Å². The smallest absolute Gasteiger partial charge is 0.405 e. The predicted octanol–water partition coefficient (Wildman–Crippen LogP) is 2.06. The maximum absolute atomic E-state index is 11.8. The summed E-state index contributed by atoms with van der Waals surface area (Å²) in [6.45, 7) is -1.12. The minimum Gasteiger partial charge on any atom is -0.493 e. The van der Waals surface area contributed by atoms with Gasteiger partial charge >= 0.3 is 6.18 Å². The molecule has 0 fully saturated rings. The lowest BCUT2D eigenvalue weighted by Crippen LogP contribution is -2.22. The SMILES string of the molecule is COc1cccnc1NCC(F)(F)F. The lowest BCUT2D eigenvalue weighted by atomic mass is 10.4. The molecule has 6 heteroatoms. The molecule has 0 bridgehead atoms. The molecule has 1 aromatic heterocycles. The third-order valence-electron chi connectivity index (χ3n) is 1.45. The second-order valence-corrected chi connectivity index (χ2v) is 2.52. The van der Waals surface area contributed by atoms with Crippen molar-refractivity contribution in [2.75, 3.05) is 19.0 Å². The molecular formula is C8H9F3N2O. The Morgan fingerprint density at radius 3 is 2.79 bits per heavy atom. The number of rotatable bonds is 3. The molecule has 0 atom stereocenters. The maximum Gasteiger partial charge on any atom is 0.405 e. The molecule has 1 rings (SSSR count). The summed E-state index contributed by atoms with van der Waals surface area (Å²) in [7, 11) is 1.37. The van der Waals surface area contributed by atoms with Gasteiger partial charge in [-0.25, -0.2) is 4.98 Å². The minimum atomic E-state index is -4.26. The fourth-order valence-electron chi connectivity index (χ4n) is 0.872. The predicted molar refractivity (Wildman–Crippen MR) is 45.3 cm³/mol. The van der Waals surface area contributed by atoms with E-state index >= 15 is 0 Å². The normalized spacial score (nSPS) is 11.1. The molecule has 0 saturated carbocycles. The molecule has 0 aliphatic rings. The first-order chi connectivity index (χ1) is 6.53.